The fourth-order valence-corrected chi connectivity index (χ4v) is 6.25. The van der Waals surface area contributed by atoms with Gasteiger partial charge in [0.05, 0.1) is 16.9 Å². The Kier molecular flexibility index (Phi) is 4.66. The van der Waals surface area contributed by atoms with E-state index in [-0.39, 0.29) is 17.1 Å². The molecule has 168 valence electrons. The molecule has 0 N–H and O–H groups in total. The second kappa shape index (κ2) is 7.63. The zero-order valence-electron chi connectivity index (χ0n) is 19.8. The van der Waals surface area contributed by atoms with Gasteiger partial charge in [-0.3, -0.25) is 0 Å². The third kappa shape index (κ3) is 2.68. The van der Waals surface area contributed by atoms with Gasteiger partial charge in [0.25, 0.3) is 0 Å². The van der Waals surface area contributed by atoms with E-state index in [9.17, 15) is 4.79 Å². The summed E-state index contributed by atoms with van der Waals surface area (Å²) in [4.78, 5) is 12.9. The molecule has 34 heavy (non-hydrogen) atoms. The number of aryl methyl sites for hydroxylation is 1. The molecule has 5 aromatic rings. The van der Waals surface area contributed by atoms with Crippen molar-refractivity contribution >= 4 is 21.9 Å². The monoisotopic (exact) mass is 448 g/mol. The van der Waals surface area contributed by atoms with Crippen LogP contribution in [0.25, 0.3) is 33.1 Å². The van der Waals surface area contributed by atoms with Gasteiger partial charge in [-0.1, -0.05) is 44.2 Å². The Hall–Kier alpha value is -3.79. The predicted octanol–water partition coefficient (Wildman–Crippen LogP) is 5.39. The number of hydrogen-bond acceptors (Lipinski definition) is 2. The van der Waals surface area contributed by atoms with Crippen LogP contribution in [0.3, 0.4) is 0 Å². The number of pyridine rings is 2. The zero-order chi connectivity index (χ0) is 23.4. The number of rotatable bonds is 4. The summed E-state index contributed by atoms with van der Waals surface area (Å²) in [6.45, 7) is 4.54. The van der Waals surface area contributed by atoms with Crippen LogP contribution in [0.1, 0.15) is 43.7 Å². The van der Waals surface area contributed by atoms with E-state index in [1.54, 1.807) is 0 Å². The highest BCUT2D eigenvalue weighted by molar-refractivity contribution is 6.03. The number of nitrogens with zero attached hydrogens (tertiary/aromatic N) is 2. The summed E-state index contributed by atoms with van der Waals surface area (Å²) in [5.41, 5.74) is 6.08. The maximum Gasteiger partial charge on any atom is 0.350 e. The van der Waals surface area contributed by atoms with Crippen molar-refractivity contribution in [1.82, 2.24) is 0 Å². The van der Waals surface area contributed by atoms with Crippen molar-refractivity contribution in [1.29, 1.82) is 0 Å². The maximum absolute atomic E-state index is 12.9. The first kappa shape index (κ1) is 20.8. The van der Waals surface area contributed by atoms with Crippen molar-refractivity contribution in [3.8, 4) is 11.3 Å². The molecule has 4 nitrogen and oxygen atoms in total. The van der Waals surface area contributed by atoms with Crippen molar-refractivity contribution in [2.45, 2.75) is 38.1 Å². The van der Waals surface area contributed by atoms with Crippen molar-refractivity contribution in [3.63, 3.8) is 0 Å². The summed E-state index contributed by atoms with van der Waals surface area (Å²) in [6, 6.07) is 25.2. The lowest BCUT2D eigenvalue weighted by Gasteiger charge is -2.39. The molecule has 1 unspecified atom stereocenters. The van der Waals surface area contributed by atoms with Gasteiger partial charge in [0.1, 0.15) is 18.0 Å². The normalized spacial score (nSPS) is 16.4. The van der Waals surface area contributed by atoms with Crippen LogP contribution in [0.5, 0.6) is 0 Å². The fraction of sp³-hybridized carbons (Fsp3) is 0.233. The summed E-state index contributed by atoms with van der Waals surface area (Å²) < 4.78 is 10.4. The minimum atomic E-state index is -0.273. The maximum atomic E-state index is 12.9. The van der Waals surface area contributed by atoms with E-state index in [0.29, 0.717) is 11.0 Å². The number of benzene rings is 2. The van der Waals surface area contributed by atoms with Crippen LogP contribution >= 0.6 is 0 Å². The molecule has 1 aliphatic heterocycles. The van der Waals surface area contributed by atoms with E-state index < -0.39 is 0 Å². The zero-order valence-corrected chi connectivity index (χ0v) is 19.8. The van der Waals surface area contributed by atoms with E-state index in [1.807, 2.05) is 24.3 Å². The molecule has 6 rings (SSSR count). The van der Waals surface area contributed by atoms with Crippen LogP contribution in [-0.4, -0.2) is 0 Å². The van der Waals surface area contributed by atoms with Crippen molar-refractivity contribution in [2.75, 3.05) is 0 Å². The SMILES string of the molecule is CCC1(CC)C(c2ccccc2-c2cccc[n+]2C)c2cccc3oc(=O)c4ccc[n+]1c4c23. The molecule has 4 heteroatoms. The number of aromatic nitrogens is 2. The molecule has 4 heterocycles. The molecule has 0 spiro atoms. The molecule has 0 radical (unpaired) electrons. The molecule has 1 atom stereocenters. The minimum absolute atomic E-state index is 0.0957. The molecule has 0 aliphatic carbocycles. The molecular formula is C30H28N2O2+2. The summed E-state index contributed by atoms with van der Waals surface area (Å²) in [7, 11) is 2.10. The standard InChI is InChI=1S/C30H28N2O2/c1-4-30(5-2)27(21-13-7-6-12-20(21)24-16-8-9-18-31(24)3)22-14-10-17-25-26(22)28-23(29(33)34-25)15-11-19-32(28)30/h6-19,27H,4-5H2,1-3H3/q+2. The average Bonchev–Trinajstić information content (AvgIpc) is 2.87. The van der Waals surface area contributed by atoms with Crippen LogP contribution < -0.4 is 14.8 Å². The highest BCUT2D eigenvalue weighted by Crippen LogP contribution is 2.49. The van der Waals surface area contributed by atoms with Crippen LogP contribution in [0, 0.1) is 0 Å². The van der Waals surface area contributed by atoms with E-state index in [4.69, 9.17) is 4.42 Å². The molecule has 0 fully saturated rings. The highest BCUT2D eigenvalue weighted by Gasteiger charge is 2.52. The first-order chi connectivity index (χ1) is 16.6. The highest BCUT2D eigenvalue weighted by atomic mass is 16.4. The van der Waals surface area contributed by atoms with Crippen molar-refractivity contribution in [3.05, 3.63) is 107 Å². The van der Waals surface area contributed by atoms with Gasteiger partial charge < -0.3 is 4.42 Å². The predicted molar refractivity (Wildman–Crippen MR) is 134 cm³/mol. The van der Waals surface area contributed by atoms with Gasteiger partial charge in [0.15, 0.2) is 17.9 Å². The Labute approximate surface area is 198 Å². The number of hydrogen-bond donors (Lipinski definition) is 0. The van der Waals surface area contributed by atoms with Crippen molar-refractivity contribution in [2.24, 2.45) is 7.05 Å². The molecule has 0 amide bonds. The summed E-state index contributed by atoms with van der Waals surface area (Å²) in [5.74, 6) is 0.0957. The van der Waals surface area contributed by atoms with E-state index in [0.717, 1.165) is 23.7 Å². The third-order valence-corrected chi connectivity index (χ3v) is 7.87. The Morgan fingerprint density at radius 1 is 0.853 bits per heavy atom. The summed E-state index contributed by atoms with van der Waals surface area (Å²) >= 11 is 0. The van der Waals surface area contributed by atoms with Gasteiger partial charge in [-0.2, -0.15) is 4.57 Å². The Bertz CT molecular complexity index is 1630. The van der Waals surface area contributed by atoms with Gasteiger partial charge >= 0.3 is 5.63 Å². The first-order valence-corrected chi connectivity index (χ1v) is 12.0. The summed E-state index contributed by atoms with van der Waals surface area (Å²) in [6.07, 6.45) is 6.12. The molecule has 0 saturated carbocycles. The second-order valence-electron chi connectivity index (χ2n) is 9.28. The Morgan fingerprint density at radius 3 is 2.41 bits per heavy atom. The Balaban J connectivity index is 1.79. The molecule has 1 aliphatic rings. The quantitative estimate of drug-likeness (QED) is 0.210. The lowest BCUT2D eigenvalue weighted by Crippen LogP contribution is -2.61. The largest absolute Gasteiger partial charge is 0.422 e. The van der Waals surface area contributed by atoms with Gasteiger partial charge in [0, 0.05) is 31.0 Å². The van der Waals surface area contributed by atoms with Gasteiger partial charge in [-0.25, -0.2) is 9.36 Å². The molecule has 0 bridgehead atoms. The van der Waals surface area contributed by atoms with E-state index >= 15 is 0 Å². The van der Waals surface area contributed by atoms with Gasteiger partial charge in [0.2, 0.25) is 11.2 Å². The van der Waals surface area contributed by atoms with E-state index in [2.05, 4.69) is 91.0 Å². The topological polar surface area (TPSA) is 38.0 Å². The minimum Gasteiger partial charge on any atom is -0.422 e. The van der Waals surface area contributed by atoms with Gasteiger partial charge in [-0.05, 0) is 35.4 Å². The smallest absolute Gasteiger partial charge is 0.350 e. The third-order valence-electron chi connectivity index (χ3n) is 7.87. The van der Waals surface area contributed by atoms with Crippen molar-refractivity contribution < 1.29 is 13.6 Å². The molecule has 3 aromatic heterocycles. The fourth-order valence-electron chi connectivity index (χ4n) is 6.25. The molecule has 0 saturated heterocycles. The first-order valence-electron chi connectivity index (χ1n) is 12.0. The van der Waals surface area contributed by atoms with Gasteiger partial charge in [-0.15, -0.1) is 0 Å². The van der Waals surface area contributed by atoms with Crippen LogP contribution in [-0.2, 0) is 12.6 Å². The van der Waals surface area contributed by atoms with Crippen LogP contribution in [0.4, 0.5) is 0 Å². The molecular weight excluding hydrogens is 420 g/mol. The second-order valence-corrected chi connectivity index (χ2v) is 9.28. The van der Waals surface area contributed by atoms with E-state index in [1.165, 1.54) is 22.4 Å². The lowest BCUT2D eigenvalue weighted by molar-refractivity contribution is -0.747. The van der Waals surface area contributed by atoms with Crippen LogP contribution in [0.15, 0.2) is 94.4 Å². The Morgan fingerprint density at radius 2 is 1.62 bits per heavy atom. The average molecular weight is 449 g/mol. The lowest BCUT2D eigenvalue weighted by atomic mass is 9.67. The summed E-state index contributed by atoms with van der Waals surface area (Å²) in [5, 5.41) is 1.70. The molecule has 2 aromatic carbocycles. The van der Waals surface area contributed by atoms with Crippen LogP contribution in [0.2, 0.25) is 0 Å².